The molecule has 28 heavy (non-hydrogen) atoms. The molecular formula is C20H28F2IN5. The molecule has 0 aliphatic heterocycles. The van der Waals surface area contributed by atoms with Gasteiger partial charge in [-0.1, -0.05) is 6.07 Å². The average molecular weight is 503 g/mol. The van der Waals surface area contributed by atoms with E-state index < -0.39 is 11.6 Å². The number of aromatic nitrogens is 2. The van der Waals surface area contributed by atoms with Gasteiger partial charge < -0.3 is 10.6 Å². The third-order valence-corrected chi connectivity index (χ3v) is 4.73. The van der Waals surface area contributed by atoms with Crippen molar-refractivity contribution in [2.75, 3.05) is 13.1 Å². The molecule has 3 rings (SSSR count). The minimum atomic E-state index is -0.476. The van der Waals surface area contributed by atoms with Gasteiger partial charge in [0.15, 0.2) is 5.96 Å². The van der Waals surface area contributed by atoms with Gasteiger partial charge in [-0.05, 0) is 51.8 Å². The Balaban J connectivity index is 0.00000280. The van der Waals surface area contributed by atoms with Crippen LogP contribution in [0.1, 0.15) is 42.6 Å². The highest BCUT2D eigenvalue weighted by molar-refractivity contribution is 14.0. The van der Waals surface area contributed by atoms with Crippen LogP contribution in [0.3, 0.4) is 0 Å². The number of nitrogens with one attached hydrogen (secondary N) is 2. The van der Waals surface area contributed by atoms with Crippen molar-refractivity contribution in [2.24, 2.45) is 4.99 Å². The molecule has 2 atom stereocenters. The van der Waals surface area contributed by atoms with Gasteiger partial charge in [-0.25, -0.2) is 8.78 Å². The molecule has 2 aromatic rings. The molecule has 1 aromatic carbocycles. The topological polar surface area (TPSA) is 54.2 Å². The number of guanidine groups is 1. The number of benzene rings is 1. The zero-order valence-corrected chi connectivity index (χ0v) is 18.8. The first-order chi connectivity index (χ1) is 13.0. The van der Waals surface area contributed by atoms with Crippen LogP contribution in [0.2, 0.25) is 0 Å². The van der Waals surface area contributed by atoms with Crippen molar-refractivity contribution in [1.82, 2.24) is 20.4 Å². The fourth-order valence-corrected chi connectivity index (χ4v) is 3.35. The molecular weight excluding hydrogens is 475 g/mol. The number of rotatable bonds is 7. The summed E-state index contributed by atoms with van der Waals surface area (Å²) in [6.07, 6.45) is 1.57. The van der Waals surface area contributed by atoms with E-state index in [9.17, 15) is 8.78 Å². The Labute approximate surface area is 182 Å². The van der Waals surface area contributed by atoms with Crippen molar-refractivity contribution in [1.29, 1.82) is 0 Å². The summed E-state index contributed by atoms with van der Waals surface area (Å²) in [5, 5.41) is 10.9. The molecule has 1 aromatic heterocycles. The number of aryl methyl sites for hydroxylation is 3. The van der Waals surface area contributed by atoms with Crippen molar-refractivity contribution in [3.05, 3.63) is 52.9 Å². The van der Waals surface area contributed by atoms with Crippen LogP contribution in [-0.2, 0) is 6.54 Å². The van der Waals surface area contributed by atoms with Crippen LogP contribution in [0.15, 0.2) is 29.3 Å². The number of nitrogens with zero attached hydrogens (tertiary/aromatic N) is 3. The number of hydrogen-bond donors (Lipinski definition) is 2. The molecule has 0 radical (unpaired) electrons. The summed E-state index contributed by atoms with van der Waals surface area (Å²) < 4.78 is 29.8. The van der Waals surface area contributed by atoms with Crippen molar-refractivity contribution in [3.8, 4) is 0 Å². The Kier molecular flexibility index (Phi) is 8.21. The molecule has 5 nitrogen and oxygen atoms in total. The molecule has 2 unspecified atom stereocenters. The van der Waals surface area contributed by atoms with E-state index in [1.165, 1.54) is 18.2 Å². The first kappa shape index (κ1) is 22.6. The molecule has 1 heterocycles. The molecule has 0 bridgehead atoms. The molecule has 8 heteroatoms. The molecule has 0 spiro atoms. The van der Waals surface area contributed by atoms with Gasteiger partial charge in [-0.3, -0.25) is 9.67 Å². The Morgan fingerprint density at radius 2 is 2.00 bits per heavy atom. The number of aliphatic imine (C=N–C) groups is 1. The predicted molar refractivity (Wildman–Crippen MR) is 118 cm³/mol. The van der Waals surface area contributed by atoms with Gasteiger partial charge in [0.25, 0.3) is 0 Å². The lowest BCUT2D eigenvalue weighted by atomic mass is 10.1. The molecule has 0 amide bonds. The van der Waals surface area contributed by atoms with E-state index in [1.807, 2.05) is 25.5 Å². The van der Waals surface area contributed by atoms with E-state index in [-0.39, 0.29) is 41.5 Å². The highest BCUT2D eigenvalue weighted by Gasteiger charge is 2.42. The first-order valence-corrected chi connectivity index (χ1v) is 9.49. The molecule has 1 fully saturated rings. The van der Waals surface area contributed by atoms with E-state index in [1.54, 1.807) is 0 Å². The lowest BCUT2D eigenvalue weighted by molar-refractivity contribution is 0.553. The Bertz CT molecular complexity index is 801. The lowest BCUT2D eigenvalue weighted by Gasteiger charge is -2.12. The largest absolute Gasteiger partial charge is 0.357 e. The van der Waals surface area contributed by atoms with Crippen LogP contribution in [0.4, 0.5) is 8.78 Å². The first-order valence-electron chi connectivity index (χ1n) is 9.49. The fraction of sp³-hybridized carbons (Fsp3) is 0.500. The Morgan fingerprint density at radius 3 is 2.61 bits per heavy atom. The maximum atomic E-state index is 13.9. The number of hydrogen-bond acceptors (Lipinski definition) is 2. The van der Waals surface area contributed by atoms with Crippen LogP contribution in [0.5, 0.6) is 0 Å². The van der Waals surface area contributed by atoms with Crippen molar-refractivity contribution in [2.45, 2.75) is 52.1 Å². The van der Waals surface area contributed by atoms with E-state index in [0.29, 0.717) is 18.9 Å². The summed E-state index contributed by atoms with van der Waals surface area (Å²) in [6.45, 7) is 8.22. The van der Waals surface area contributed by atoms with Crippen LogP contribution < -0.4 is 10.6 Å². The van der Waals surface area contributed by atoms with E-state index >= 15 is 0 Å². The van der Waals surface area contributed by atoms with Gasteiger partial charge in [-0.2, -0.15) is 5.10 Å². The molecule has 2 N–H and O–H groups in total. The highest BCUT2D eigenvalue weighted by Crippen LogP contribution is 2.43. The van der Waals surface area contributed by atoms with Crippen LogP contribution >= 0.6 is 24.0 Å². The van der Waals surface area contributed by atoms with Gasteiger partial charge in [0.1, 0.15) is 11.6 Å². The quantitative estimate of drug-likeness (QED) is 0.261. The second kappa shape index (κ2) is 10.2. The summed E-state index contributed by atoms with van der Waals surface area (Å²) in [4.78, 5) is 4.58. The predicted octanol–water partition coefficient (Wildman–Crippen LogP) is 3.90. The standard InChI is InChI=1S/C20H27F2N5.HI/c1-4-23-20(24-9-6-10-27-14(3)11-13(2)26-27)25-18-12-15(18)19-16(21)7-5-8-17(19)22;/h5,7-8,11,15,18H,4,6,9-10,12H2,1-3H3,(H2,23,24,25);1H. The summed E-state index contributed by atoms with van der Waals surface area (Å²) in [7, 11) is 0. The van der Waals surface area contributed by atoms with E-state index in [2.05, 4.69) is 26.8 Å². The average Bonchev–Trinajstić information content (AvgIpc) is 3.27. The van der Waals surface area contributed by atoms with Gasteiger partial charge in [0, 0.05) is 42.9 Å². The molecule has 1 saturated carbocycles. The van der Waals surface area contributed by atoms with Crippen molar-refractivity contribution in [3.63, 3.8) is 0 Å². The molecule has 1 aliphatic rings. The third kappa shape index (κ3) is 5.65. The second-order valence-corrected chi connectivity index (χ2v) is 6.99. The van der Waals surface area contributed by atoms with E-state index in [0.717, 1.165) is 30.9 Å². The van der Waals surface area contributed by atoms with Crippen molar-refractivity contribution < 1.29 is 8.78 Å². The fourth-order valence-electron chi connectivity index (χ4n) is 3.35. The van der Waals surface area contributed by atoms with Crippen LogP contribution in [0, 0.1) is 25.5 Å². The summed E-state index contributed by atoms with van der Waals surface area (Å²) in [6, 6.07) is 6.08. The second-order valence-electron chi connectivity index (χ2n) is 6.99. The minimum Gasteiger partial charge on any atom is -0.357 e. The molecule has 154 valence electrons. The lowest BCUT2D eigenvalue weighted by Crippen LogP contribution is -2.39. The summed E-state index contributed by atoms with van der Waals surface area (Å²) in [5.41, 5.74) is 2.34. The van der Waals surface area contributed by atoms with Gasteiger partial charge >= 0.3 is 0 Å². The van der Waals surface area contributed by atoms with Gasteiger partial charge in [0.2, 0.25) is 0 Å². The number of halogens is 3. The van der Waals surface area contributed by atoms with Gasteiger partial charge in [-0.15, -0.1) is 24.0 Å². The van der Waals surface area contributed by atoms with Crippen LogP contribution in [0.25, 0.3) is 0 Å². The third-order valence-electron chi connectivity index (χ3n) is 4.73. The van der Waals surface area contributed by atoms with E-state index in [4.69, 9.17) is 0 Å². The SMILES string of the molecule is CCNC(=NCCCn1nc(C)cc1C)NC1CC1c1c(F)cccc1F.I. The monoisotopic (exact) mass is 503 g/mol. The normalized spacial score (nSPS) is 18.5. The molecule has 1 aliphatic carbocycles. The Hall–Kier alpha value is -1.71. The van der Waals surface area contributed by atoms with Crippen LogP contribution in [-0.4, -0.2) is 34.9 Å². The Morgan fingerprint density at radius 1 is 1.29 bits per heavy atom. The zero-order valence-electron chi connectivity index (χ0n) is 16.5. The summed E-state index contributed by atoms with van der Waals surface area (Å²) in [5.74, 6) is -0.410. The van der Waals surface area contributed by atoms with Gasteiger partial charge in [0.05, 0.1) is 5.69 Å². The zero-order chi connectivity index (χ0) is 19.4. The minimum absolute atomic E-state index is 0. The highest BCUT2D eigenvalue weighted by atomic mass is 127. The maximum Gasteiger partial charge on any atom is 0.191 e. The van der Waals surface area contributed by atoms with Crippen molar-refractivity contribution >= 4 is 29.9 Å². The molecule has 0 saturated heterocycles. The maximum absolute atomic E-state index is 13.9. The smallest absolute Gasteiger partial charge is 0.191 e. The summed E-state index contributed by atoms with van der Waals surface area (Å²) >= 11 is 0.